The van der Waals surface area contributed by atoms with Gasteiger partial charge >= 0.3 is 0 Å². The average Bonchev–Trinajstić information content (AvgIpc) is 3.24. The van der Waals surface area contributed by atoms with Crippen molar-refractivity contribution in [2.45, 2.75) is 12.5 Å². The third-order valence-corrected chi connectivity index (χ3v) is 5.33. The number of hydrogen-bond acceptors (Lipinski definition) is 4. The second-order valence-electron chi connectivity index (χ2n) is 6.98. The number of amides is 1. The SMILES string of the molecule is CN=C(NCCNC(=O)c1ccccc1Cl)NC1CCN(c2ccccc2OC)C1.I. The van der Waals surface area contributed by atoms with E-state index in [1.54, 1.807) is 38.4 Å². The van der Waals surface area contributed by atoms with Gasteiger partial charge in [0.15, 0.2) is 5.96 Å². The molecule has 9 heteroatoms. The number of hydrogen-bond donors (Lipinski definition) is 3. The summed E-state index contributed by atoms with van der Waals surface area (Å²) < 4.78 is 5.48. The van der Waals surface area contributed by atoms with Crippen LogP contribution in [0.15, 0.2) is 53.5 Å². The lowest BCUT2D eigenvalue weighted by molar-refractivity contribution is 0.0954. The van der Waals surface area contributed by atoms with Gasteiger partial charge in [0.1, 0.15) is 5.75 Å². The molecule has 1 aliphatic rings. The molecule has 1 aliphatic heterocycles. The summed E-state index contributed by atoms with van der Waals surface area (Å²) in [6, 6.07) is 15.3. The molecule has 2 aromatic carbocycles. The van der Waals surface area contributed by atoms with Gasteiger partial charge in [0.05, 0.1) is 23.4 Å². The highest BCUT2D eigenvalue weighted by atomic mass is 127. The number of rotatable bonds is 7. The number of para-hydroxylation sites is 2. The van der Waals surface area contributed by atoms with Crippen LogP contribution in [-0.2, 0) is 0 Å². The Kier molecular flexibility index (Phi) is 10.2. The smallest absolute Gasteiger partial charge is 0.252 e. The molecular formula is C22H29ClIN5O2. The van der Waals surface area contributed by atoms with E-state index in [4.69, 9.17) is 16.3 Å². The van der Waals surface area contributed by atoms with E-state index in [9.17, 15) is 4.79 Å². The van der Waals surface area contributed by atoms with Crippen LogP contribution in [0, 0.1) is 0 Å². The minimum Gasteiger partial charge on any atom is -0.495 e. The van der Waals surface area contributed by atoms with Crippen LogP contribution in [-0.4, -0.2) is 58.2 Å². The summed E-state index contributed by atoms with van der Waals surface area (Å²) in [5, 5.41) is 10.0. The fraction of sp³-hybridized carbons (Fsp3) is 0.364. The number of benzene rings is 2. The Bertz CT molecular complexity index is 896. The van der Waals surface area contributed by atoms with Gasteiger partial charge in [0.2, 0.25) is 0 Å². The highest BCUT2D eigenvalue weighted by Gasteiger charge is 2.25. The largest absolute Gasteiger partial charge is 0.495 e. The molecule has 3 rings (SSSR count). The van der Waals surface area contributed by atoms with Gasteiger partial charge < -0.3 is 25.6 Å². The van der Waals surface area contributed by atoms with Gasteiger partial charge in [-0.2, -0.15) is 0 Å². The summed E-state index contributed by atoms with van der Waals surface area (Å²) in [4.78, 5) is 18.8. The number of ether oxygens (including phenoxy) is 1. The van der Waals surface area contributed by atoms with Gasteiger partial charge in [-0.1, -0.05) is 35.9 Å². The van der Waals surface area contributed by atoms with Crippen LogP contribution in [0.3, 0.4) is 0 Å². The summed E-state index contributed by atoms with van der Waals surface area (Å²) in [6.07, 6.45) is 1.00. The average molecular weight is 558 g/mol. The minimum atomic E-state index is -0.186. The second kappa shape index (κ2) is 12.6. The molecule has 31 heavy (non-hydrogen) atoms. The number of carbonyl (C=O) groups excluding carboxylic acids is 1. The van der Waals surface area contributed by atoms with Crippen molar-refractivity contribution in [1.29, 1.82) is 0 Å². The molecule has 0 radical (unpaired) electrons. The summed E-state index contributed by atoms with van der Waals surface area (Å²) in [5.74, 6) is 1.41. The molecule has 1 heterocycles. The van der Waals surface area contributed by atoms with Crippen LogP contribution >= 0.6 is 35.6 Å². The van der Waals surface area contributed by atoms with E-state index in [0.717, 1.165) is 30.9 Å². The number of nitrogens with zero attached hydrogens (tertiary/aromatic N) is 2. The van der Waals surface area contributed by atoms with Gasteiger partial charge in [0.25, 0.3) is 5.91 Å². The molecule has 0 spiro atoms. The lowest BCUT2D eigenvalue weighted by Gasteiger charge is -2.22. The van der Waals surface area contributed by atoms with Crippen LogP contribution in [0.1, 0.15) is 16.8 Å². The highest BCUT2D eigenvalue weighted by Crippen LogP contribution is 2.30. The van der Waals surface area contributed by atoms with E-state index >= 15 is 0 Å². The molecule has 7 nitrogen and oxygen atoms in total. The normalized spacial score (nSPS) is 15.8. The summed E-state index contributed by atoms with van der Waals surface area (Å²) >= 11 is 6.06. The van der Waals surface area contributed by atoms with Crippen molar-refractivity contribution in [2.75, 3.05) is 45.2 Å². The number of anilines is 1. The quantitative estimate of drug-likeness (QED) is 0.211. The lowest BCUT2D eigenvalue weighted by Crippen LogP contribution is -2.46. The van der Waals surface area contributed by atoms with Crippen LogP contribution in [0.25, 0.3) is 0 Å². The van der Waals surface area contributed by atoms with Crippen molar-refractivity contribution >= 4 is 53.1 Å². The zero-order chi connectivity index (χ0) is 21.3. The predicted molar refractivity (Wildman–Crippen MR) is 137 cm³/mol. The van der Waals surface area contributed by atoms with Crippen LogP contribution < -0.4 is 25.6 Å². The van der Waals surface area contributed by atoms with E-state index in [-0.39, 0.29) is 35.9 Å². The standard InChI is InChI=1S/C22H28ClN5O2.HI/c1-24-22(26-13-12-25-21(29)17-7-3-4-8-18(17)23)27-16-11-14-28(15-16)19-9-5-6-10-20(19)30-2;/h3-10,16H,11-15H2,1-2H3,(H,25,29)(H2,24,26,27);1H. The first-order valence-electron chi connectivity index (χ1n) is 10.00. The first kappa shape index (κ1) is 25.1. The van der Waals surface area contributed by atoms with Crippen LogP contribution in [0.2, 0.25) is 5.02 Å². The minimum absolute atomic E-state index is 0. The fourth-order valence-electron chi connectivity index (χ4n) is 3.47. The van der Waals surface area contributed by atoms with Crippen molar-refractivity contribution in [1.82, 2.24) is 16.0 Å². The lowest BCUT2D eigenvalue weighted by atomic mass is 10.2. The zero-order valence-corrected chi connectivity index (χ0v) is 20.8. The van der Waals surface area contributed by atoms with Gasteiger partial charge in [-0.25, -0.2) is 0 Å². The summed E-state index contributed by atoms with van der Waals surface area (Å²) in [5.41, 5.74) is 1.58. The van der Waals surface area contributed by atoms with Gasteiger partial charge in [-0.15, -0.1) is 24.0 Å². The summed E-state index contributed by atoms with van der Waals surface area (Å²) in [6.45, 7) is 2.83. The maximum Gasteiger partial charge on any atom is 0.252 e. The molecule has 1 amide bonds. The van der Waals surface area contributed by atoms with E-state index in [1.165, 1.54) is 0 Å². The number of methoxy groups -OCH3 is 1. The maximum atomic E-state index is 12.2. The second-order valence-corrected chi connectivity index (χ2v) is 7.39. The van der Waals surface area contributed by atoms with Crippen molar-refractivity contribution < 1.29 is 9.53 Å². The molecule has 2 aromatic rings. The molecule has 0 saturated carbocycles. The van der Waals surface area contributed by atoms with Crippen molar-refractivity contribution in [2.24, 2.45) is 4.99 Å². The number of aliphatic imine (C=N–C) groups is 1. The Morgan fingerprint density at radius 2 is 1.87 bits per heavy atom. The number of guanidine groups is 1. The van der Waals surface area contributed by atoms with E-state index in [1.807, 2.05) is 18.2 Å². The van der Waals surface area contributed by atoms with Crippen molar-refractivity contribution in [3.05, 3.63) is 59.1 Å². The summed E-state index contributed by atoms with van der Waals surface area (Å²) in [7, 11) is 3.44. The maximum absolute atomic E-state index is 12.2. The van der Waals surface area contributed by atoms with Crippen molar-refractivity contribution in [3.63, 3.8) is 0 Å². The molecule has 1 fully saturated rings. The predicted octanol–water partition coefficient (Wildman–Crippen LogP) is 3.14. The molecule has 1 unspecified atom stereocenters. The topological polar surface area (TPSA) is 78.0 Å². The number of carbonyl (C=O) groups is 1. The molecule has 0 aliphatic carbocycles. The third kappa shape index (κ3) is 6.90. The Balaban J connectivity index is 0.00000341. The molecule has 1 atom stereocenters. The highest BCUT2D eigenvalue weighted by molar-refractivity contribution is 14.0. The number of nitrogens with one attached hydrogen (secondary N) is 3. The molecule has 1 saturated heterocycles. The molecule has 168 valence electrons. The molecule has 3 N–H and O–H groups in total. The van der Waals surface area contributed by atoms with E-state index < -0.39 is 0 Å². The van der Waals surface area contributed by atoms with Gasteiger partial charge in [0, 0.05) is 39.3 Å². The third-order valence-electron chi connectivity index (χ3n) is 5.00. The van der Waals surface area contributed by atoms with Gasteiger partial charge in [-0.05, 0) is 30.7 Å². The van der Waals surface area contributed by atoms with Crippen LogP contribution in [0.4, 0.5) is 5.69 Å². The molecule has 0 aromatic heterocycles. The van der Waals surface area contributed by atoms with E-state index in [0.29, 0.717) is 29.6 Å². The monoisotopic (exact) mass is 557 g/mol. The first-order valence-corrected chi connectivity index (χ1v) is 10.4. The Morgan fingerprint density at radius 3 is 2.61 bits per heavy atom. The Morgan fingerprint density at radius 1 is 1.16 bits per heavy atom. The fourth-order valence-corrected chi connectivity index (χ4v) is 3.69. The molecular weight excluding hydrogens is 529 g/mol. The van der Waals surface area contributed by atoms with E-state index in [2.05, 4.69) is 31.9 Å². The van der Waals surface area contributed by atoms with Crippen LogP contribution in [0.5, 0.6) is 5.75 Å². The molecule has 0 bridgehead atoms. The Hall–Kier alpha value is -2.20. The first-order chi connectivity index (χ1) is 14.6. The zero-order valence-electron chi connectivity index (χ0n) is 17.7. The number of halogens is 2. The van der Waals surface area contributed by atoms with Gasteiger partial charge in [-0.3, -0.25) is 9.79 Å². The Labute approximate surface area is 205 Å². The van der Waals surface area contributed by atoms with Crippen molar-refractivity contribution in [3.8, 4) is 5.75 Å².